The summed E-state index contributed by atoms with van der Waals surface area (Å²) < 4.78 is 10.5. The predicted octanol–water partition coefficient (Wildman–Crippen LogP) is 2.89. The summed E-state index contributed by atoms with van der Waals surface area (Å²) in [6, 6.07) is 5.73. The third-order valence-corrected chi connectivity index (χ3v) is 4.20. The molecule has 1 aliphatic heterocycles. The van der Waals surface area contributed by atoms with Crippen molar-refractivity contribution < 1.29 is 14.3 Å². The van der Waals surface area contributed by atoms with E-state index in [0.717, 1.165) is 38.1 Å². The molecule has 0 spiro atoms. The molecule has 1 aromatic rings. The Kier molecular flexibility index (Phi) is 5.62. The average molecular weight is 291 g/mol. The van der Waals surface area contributed by atoms with Gasteiger partial charge in [0.1, 0.15) is 5.75 Å². The highest BCUT2D eigenvalue weighted by molar-refractivity contribution is 5.98. The third-order valence-electron chi connectivity index (χ3n) is 4.20. The summed E-state index contributed by atoms with van der Waals surface area (Å²) in [5.41, 5.74) is 1.67. The maximum Gasteiger partial charge on any atom is 0.257 e. The SMILES string of the molecule is COCCC1CCCN(C(=O)c2c(C)cccc2OC)C1. The standard InChI is InChI=1S/C17H25NO3/c1-13-6-4-8-15(21-3)16(13)17(19)18-10-5-7-14(12-18)9-11-20-2/h4,6,8,14H,5,7,9-12H2,1-3H3. The van der Waals surface area contributed by atoms with Gasteiger partial charge in [0.25, 0.3) is 5.91 Å². The lowest BCUT2D eigenvalue weighted by atomic mass is 9.94. The number of piperidine rings is 1. The molecule has 1 fully saturated rings. The van der Waals surface area contributed by atoms with Gasteiger partial charge < -0.3 is 14.4 Å². The van der Waals surface area contributed by atoms with E-state index in [2.05, 4.69) is 0 Å². The van der Waals surface area contributed by atoms with Crippen molar-refractivity contribution in [2.75, 3.05) is 33.9 Å². The summed E-state index contributed by atoms with van der Waals surface area (Å²) in [6.07, 6.45) is 3.26. The topological polar surface area (TPSA) is 38.8 Å². The van der Waals surface area contributed by atoms with Crippen LogP contribution < -0.4 is 4.74 Å². The van der Waals surface area contributed by atoms with Gasteiger partial charge in [0.05, 0.1) is 12.7 Å². The summed E-state index contributed by atoms with van der Waals surface area (Å²) in [5.74, 6) is 1.30. The zero-order valence-corrected chi connectivity index (χ0v) is 13.2. The molecule has 1 aromatic carbocycles. The summed E-state index contributed by atoms with van der Waals surface area (Å²) in [5, 5.41) is 0. The molecular formula is C17H25NO3. The molecule has 1 saturated heterocycles. The molecule has 116 valence electrons. The summed E-state index contributed by atoms with van der Waals surface area (Å²) in [4.78, 5) is 14.8. The number of hydrogen-bond donors (Lipinski definition) is 0. The van der Waals surface area contributed by atoms with E-state index < -0.39 is 0 Å². The number of ether oxygens (including phenoxy) is 2. The molecule has 2 rings (SSSR count). The number of nitrogens with zero attached hydrogens (tertiary/aromatic N) is 1. The van der Waals surface area contributed by atoms with E-state index in [0.29, 0.717) is 17.2 Å². The second-order valence-corrected chi connectivity index (χ2v) is 5.69. The van der Waals surface area contributed by atoms with Crippen molar-refractivity contribution in [3.05, 3.63) is 29.3 Å². The summed E-state index contributed by atoms with van der Waals surface area (Å²) in [7, 11) is 3.34. The number of methoxy groups -OCH3 is 2. The number of aryl methyl sites for hydroxylation is 1. The first-order valence-electron chi connectivity index (χ1n) is 7.59. The molecule has 0 N–H and O–H groups in total. The number of likely N-dealkylation sites (tertiary alicyclic amines) is 1. The number of rotatable bonds is 5. The van der Waals surface area contributed by atoms with E-state index in [-0.39, 0.29) is 5.91 Å². The van der Waals surface area contributed by atoms with Gasteiger partial charge in [0, 0.05) is 26.8 Å². The second kappa shape index (κ2) is 7.46. The van der Waals surface area contributed by atoms with E-state index in [1.54, 1.807) is 14.2 Å². The Morgan fingerprint density at radius 1 is 1.38 bits per heavy atom. The van der Waals surface area contributed by atoms with Gasteiger partial charge in [-0.2, -0.15) is 0 Å². The molecule has 0 aromatic heterocycles. The summed E-state index contributed by atoms with van der Waals surface area (Å²) >= 11 is 0. The minimum Gasteiger partial charge on any atom is -0.496 e. The monoisotopic (exact) mass is 291 g/mol. The molecule has 1 atom stereocenters. The number of carbonyl (C=O) groups excluding carboxylic acids is 1. The van der Waals surface area contributed by atoms with Crippen molar-refractivity contribution in [1.82, 2.24) is 4.90 Å². The summed E-state index contributed by atoms with van der Waals surface area (Å²) in [6.45, 7) is 4.38. The molecule has 1 aliphatic rings. The highest BCUT2D eigenvalue weighted by atomic mass is 16.5. The Labute approximate surface area is 127 Å². The quantitative estimate of drug-likeness (QED) is 0.837. The maximum atomic E-state index is 12.8. The molecule has 4 nitrogen and oxygen atoms in total. The Balaban J connectivity index is 2.12. The van der Waals surface area contributed by atoms with E-state index in [1.165, 1.54) is 6.42 Å². The van der Waals surface area contributed by atoms with Crippen LogP contribution in [0.2, 0.25) is 0 Å². The van der Waals surface area contributed by atoms with Crippen molar-refractivity contribution in [3.63, 3.8) is 0 Å². The average Bonchev–Trinajstić information content (AvgIpc) is 2.52. The van der Waals surface area contributed by atoms with Crippen LogP contribution in [-0.4, -0.2) is 44.7 Å². The van der Waals surface area contributed by atoms with E-state index >= 15 is 0 Å². The minimum absolute atomic E-state index is 0.0899. The van der Waals surface area contributed by atoms with Crippen LogP contribution in [0.15, 0.2) is 18.2 Å². The van der Waals surface area contributed by atoms with E-state index in [4.69, 9.17) is 9.47 Å². The van der Waals surface area contributed by atoms with Gasteiger partial charge in [-0.25, -0.2) is 0 Å². The highest BCUT2D eigenvalue weighted by Crippen LogP contribution is 2.27. The largest absolute Gasteiger partial charge is 0.496 e. The third kappa shape index (κ3) is 3.76. The van der Waals surface area contributed by atoms with Crippen LogP contribution in [0.3, 0.4) is 0 Å². The van der Waals surface area contributed by atoms with Crippen LogP contribution in [0.25, 0.3) is 0 Å². The molecule has 0 radical (unpaired) electrons. The van der Waals surface area contributed by atoms with Gasteiger partial charge in [-0.05, 0) is 43.7 Å². The van der Waals surface area contributed by atoms with Gasteiger partial charge >= 0.3 is 0 Å². The molecule has 21 heavy (non-hydrogen) atoms. The fourth-order valence-corrected chi connectivity index (χ4v) is 3.01. The molecule has 1 unspecified atom stereocenters. The van der Waals surface area contributed by atoms with Crippen LogP contribution >= 0.6 is 0 Å². The van der Waals surface area contributed by atoms with Crippen LogP contribution in [0, 0.1) is 12.8 Å². The van der Waals surface area contributed by atoms with Gasteiger partial charge in [-0.3, -0.25) is 4.79 Å². The lowest BCUT2D eigenvalue weighted by Gasteiger charge is -2.33. The first-order chi connectivity index (χ1) is 10.2. The lowest BCUT2D eigenvalue weighted by molar-refractivity contribution is 0.0638. The smallest absolute Gasteiger partial charge is 0.257 e. The maximum absolute atomic E-state index is 12.8. The zero-order chi connectivity index (χ0) is 15.2. The van der Waals surface area contributed by atoms with Crippen LogP contribution in [0.4, 0.5) is 0 Å². The Morgan fingerprint density at radius 3 is 2.90 bits per heavy atom. The van der Waals surface area contributed by atoms with E-state index in [1.807, 2.05) is 30.0 Å². The van der Waals surface area contributed by atoms with Gasteiger partial charge in [0.2, 0.25) is 0 Å². The van der Waals surface area contributed by atoms with Crippen LogP contribution in [0.1, 0.15) is 35.2 Å². The molecule has 0 saturated carbocycles. The Bertz CT molecular complexity index is 487. The fourth-order valence-electron chi connectivity index (χ4n) is 3.01. The second-order valence-electron chi connectivity index (χ2n) is 5.69. The Hall–Kier alpha value is -1.55. The molecule has 0 bridgehead atoms. The number of hydrogen-bond acceptors (Lipinski definition) is 3. The first-order valence-corrected chi connectivity index (χ1v) is 7.59. The molecular weight excluding hydrogens is 266 g/mol. The van der Waals surface area contributed by atoms with Gasteiger partial charge in [-0.1, -0.05) is 12.1 Å². The molecule has 1 amide bonds. The number of benzene rings is 1. The number of carbonyl (C=O) groups is 1. The molecule has 0 aliphatic carbocycles. The fraction of sp³-hybridized carbons (Fsp3) is 0.588. The van der Waals surface area contributed by atoms with Gasteiger partial charge in [-0.15, -0.1) is 0 Å². The van der Waals surface area contributed by atoms with Crippen molar-refractivity contribution in [2.45, 2.75) is 26.2 Å². The van der Waals surface area contributed by atoms with Crippen molar-refractivity contribution in [3.8, 4) is 5.75 Å². The van der Waals surface area contributed by atoms with Crippen LogP contribution in [-0.2, 0) is 4.74 Å². The highest BCUT2D eigenvalue weighted by Gasteiger charge is 2.26. The van der Waals surface area contributed by atoms with Crippen molar-refractivity contribution in [2.24, 2.45) is 5.92 Å². The van der Waals surface area contributed by atoms with Crippen LogP contribution in [0.5, 0.6) is 5.75 Å². The van der Waals surface area contributed by atoms with Gasteiger partial charge in [0.15, 0.2) is 0 Å². The molecule has 4 heteroatoms. The number of amides is 1. The zero-order valence-electron chi connectivity index (χ0n) is 13.2. The normalized spacial score (nSPS) is 18.6. The Morgan fingerprint density at radius 2 is 2.19 bits per heavy atom. The first kappa shape index (κ1) is 15.8. The molecule has 1 heterocycles. The minimum atomic E-state index is 0.0899. The lowest BCUT2D eigenvalue weighted by Crippen LogP contribution is -2.40. The van der Waals surface area contributed by atoms with Crippen molar-refractivity contribution >= 4 is 5.91 Å². The van der Waals surface area contributed by atoms with Crippen molar-refractivity contribution in [1.29, 1.82) is 0 Å². The van der Waals surface area contributed by atoms with E-state index in [9.17, 15) is 4.79 Å². The predicted molar refractivity (Wildman–Crippen MR) is 82.9 cm³/mol.